The molecule has 0 spiro atoms. The predicted octanol–water partition coefficient (Wildman–Crippen LogP) is 3.13. The molecule has 1 nitrogen and oxygen atoms in total. The Hall–Kier alpha value is -0.251. The van der Waals surface area contributed by atoms with Crippen molar-refractivity contribution in [1.82, 2.24) is 0 Å². The second kappa shape index (κ2) is 7.24. The van der Waals surface area contributed by atoms with Gasteiger partial charge >= 0.3 is 34.8 Å². The number of quaternary nitrogens is 1. The topological polar surface area (TPSA) is 16.6 Å². The van der Waals surface area contributed by atoms with Gasteiger partial charge in [-0.05, 0) is 12.1 Å². The number of alkyl halides is 1. The molecule has 1 aromatic carbocycles. The van der Waals surface area contributed by atoms with Crippen LogP contribution >= 0.6 is 19.2 Å². The number of halogens is 4. The van der Waals surface area contributed by atoms with Crippen LogP contribution in [0.2, 0.25) is 0 Å². The van der Waals surface area contributed by atoms with E-state index in [0.29, 0.717) is 5.56 Å². The Morgan fingerprint density at radius 3 is 2.29 bits per heavy atom. The van der Waals surface area contributed by atoms with E-state index in [0.717, 1.165) is 6.08 Å². The van der Waals surface area contributed by atoms with E-state index in [1.54, 1.807) is 30.3 Å². The Kier molecular flexibility index (Phi) is 6.31. The van der Waals surface area contributed by atoms with Crippen molar-refractivity contribution >= 4 is 19.2 Å². The van der Waals surface area contributed by atoms with E-state index in [1.807, 2.05) is 0 Å². The molecular weight excluding hydrogens is 447 g/mol. The molecule has 2 N–H and O–H groups in total. The molecule has 1 aliphatic heterocycles. The van der Waals surface area contributed by atoms with Crippen molar-refractivity contribution in [2.75, 3.05) is 0 Å². The first-order valence-corrected chi connectivity index (χ1v) is 10.5. The maximum atomic E-state index is 14.1. The second-order valence-electron chi connectivity index (χ2n) is 3.24. The van der Waals surface area contributed by atoms with Crippen LogP contribution in [0.1, 0.15) is 5.56 Å². The molecule has 1 unspecified atom stereocenters. The van der Waals surface area contributed by atoms with E-state index in [1.165, 1.54) is 17.6 Å². The third-order valence-corrected chi connectivity index (χ3v) is 2.16. The minimum absolute atomic E-state index is 0.444. The van der Waals surface area contributed by atoms with Gasteiger partial charge in [-0.1, -0.05) is 18.2 Å². The zero-order valence-electron chi connectivity index (χ0n) is 8.54. The minimum atomic E-state index is -1.81. The molecular formula is C11H10Cl2F2IrN+2. The molecule has 6 heteroatoms. The van der Waals surface area contributed by atoms with Gasteiger partial charge in [0.1, 0.15) is 5.83 Å². The fourth-order valence-corrected chi connectivity index (χ4v) is 1.45. The van der Waals surface area contributed by atoms with Crippen LogP contribution in [0.4, 0.5) is 8.78 Å². The zero-order chi connectivity index (χ0) is 12.7. The molecule has 0 bridgehead atoms. The van der Waals surface area contributed by atoms with E-state index in [-0.39, 0.29) is 0 Å². The average molecular weight is 457 g/mol. The number of rotatable bonds is 1. The van der Waals surface area contributed by atoms with Crippen molar-refractivity contribution in [3.63, 3.8) is 0 Å². The summed E-state index contributed by atoms with van der Waals surface area (Å²) in [6.07, 6.45) is 3.60. The van der Waals surface area contributed by atoms with Gasteiger partial charge in [0.05, 0.1) is 17.8 Å². The van der Waals surface area contributed by atoms with E-state index < -0.39 is 27.3 Å². The van der Waals surface area contributed by atoms with Crippen LogP contribution in [0.3, 0.4) is 0 Å². The Balaban J connectivity index is 0.000000437. The summed E-state index contributed by atoms with van der Waals surface area (Å²) in [5, 5.41) is 1.34. The summed E-state index contributed by atoms with van der Waals surface area (Å²) in [5.41, 5.74) is 0.444. The third kappa shape index (κ3) is 4.49. The first-order valence-electron chi connectivity index (χ1n) is 4.61. The summed E-state index contributed by atoms with van der Waals surface area (Å²) < 4.78 is 27.0. The summed E-state index contributed by atoms with van der Waals surface area (Å²) in [6.45, 7) is 0. The molecule has 1 heterocycles. The van der Waals surface area contributed by atoms with Crippen molar-refractivity contribution in [2.24, 2.45) is 0 Å². The predicted molar refractivity (Wildman–Crippen MR) is 61.2 cm³/mol. The van der Waals surface area contributed by atoms with Gasteiger partial charge in [0.2, 0.25) is 0 Å². The maximum absolute atomic E-state index is 14.1. The molecule has 0 aromatic heterocycles. The van der Waals surface area contributed by atoms with Gasteiger partial charge in [-0.3, -0.25) is 5.32 Å². The Labute approximate surface area is 114 Å². The van der Waals surface area contributed by atoms with Gasteiger partial charge < -0.3 is 0 Å². The fraction of sp³-hybridized carbons (Fsp3) is 0.0909. The van der Waals surface area contributed by atoms with Crippen molar-refractivity contribution in [3.05, 3.63) is 60.1 Å². The van der Waals surface area contributed by atoms with Gasteiger partial charge in [-0.2, -0.15) is 4.39 Å². The molecule has 0 radical (unpaired) electrons. The summed E-state index contributed by atoms with van der Waals surface area (Å²) >= 11 is -0.556. The van der Waals surface area contributed by atoms with E-state index >= 15 is 0 Å². The quantitative estimate of drug-likeness (QED) is 0.625. The summed E-state index contributed by atoms with van der Waals surface area (Å²) in [6, 6.07) is 8.54. The van der Waals surface area contributed by atoms with Gasteiger partial charge in [0, 0.05) is 6.08 Å². The van der Waals surface area contributed by atoms with E-state index in [4.69, 9.17) is 19.2 Å². The third-order valence-electron chi connectivity index (χ3n) is 2.16. The number of nitrogens with two attached hydrogens (primary N) is 1. The monoisotopic (exact) mass is 457 g/mol. The molecule has 1 atom stereocenters. The van der Waals surface area contributed by atoms with Crippen LogP contribution in [0.15, 0.2) is 54.5 Å². The standard InChI is InChI=1S/C11H9F2N.2ClH.Ir/c12-10-6-7-14-11(13,8-10)9-4-2-1-3-5-9;;;/h1-8,14H;2*1H;/q;;;+3/p-1. The van der Waals surface area contributed by atoms with Gasteiger partial charge in [-0.25, -0.2) is 4.39 Å². The molecule has 0 aliphatic carbocycles. The van der Waals surface area contributed by atoms with Crippen molar-refractivity contribution < 1.29 is 29.8 Å². The van der Waals surface area contributed by atoms with Crippen molar-refractivity contribution in [3.8, 4) is 0 Å². The number of hydrogen-bond donors (Lipinski definition) is 1. The molecule has 0 saturated heterocycles. The van der Waals surface area contributed by atoms with Crippen LogP contribution in [0.25, 0.3) is 0 Å². The van der Waals surface area contributed by atoms with E-state index in [2.05, 4.69) is 0 Å². The van der Waals surface area contributed by atoms with Crippen LogP contribution in [0, 0.1) is 0 Å². The summed E-state index contributed by atoms with van der Waals surface area (Å²) in [5.74, 6) is -2.35. The van der Waals surface area contributed by atoms with Gasteiger partial charge in [-0.15, -0.1) is 0 Å². The first kappa shape index (κ1) is 14.8. The van der Waals surface area contributed by atoms with Crippen LogP contribution in [0.5, 0.6) is 0 Å². The fourth-order valence-electron chi connectivity index (χ4n) is 1.45. The Morgan fingerprint density at radius 1 is 1.18 bits per heavy atom. The van der Waals surface area contributed by atoms with Crippen molar-refractivity contribution in [1.29, 1.82) is 0 Å². The first-order chi connectivity index (χ1) is 8.12. The Bertz CT molecular complexity index is 411. The van der Waals surface area contributed by atoms with E-state index in [9.17, 15) is 8.78 Å². The van der Waals surface area contributed by atoms with Crippen LogP contribution in [-0.4, -0.2) is 0 Å². The summed E-state index contributed by atoms with van der Waals surface area (Å²) in [7, 11) is 9.78. The number of hydrogen-bond acceptors (Lipinski definition) is 0. The molecule has 1 aromatic rings. The normalized spacial score (nSPS) is 22.7. The summed E-state index contributed by atoms with van der Waals surface area (Å²) in [4.78, 5) is 0. The van der Waals surface area contributed by atoms with Crippen LogP contribution in [-0.2, 0) is 21.5 Å². The molecule has 0 amide bonds. The van der Waals surface area contributed by atoms with Gasteiger partial charge in [0.15, 0.2) is 0 Å². The number of benzene rings is 1. The second-order valence-corrected chi connectivity index (χ2v) is 6.70. The molecule has 94 valence electrons. The molecule has 0 saturated carbocycles. The van der Waals surface area contributed by atoms with Crippen LogP contribution < -0.4 is 5.32 Å². The van der Waals surface area contributed by atoms with Gasteiger partial charge in [0.25, 0.3) is 5.79 Å². The molecule has 17 heavy (non-hydrogen) atoms. The number of allylic oxidation sites excluding steroid dienone is 2. The molecule has 1 aliphatic rings. The SMILES string of the molecule is FC1=CC(F)(c2ccccc2)[NH2+]C=C1.[Cl][Ir+][Cl]. The zero-order valence-corrected chi connectivity index (χ0v) is 12.4. The Morgan fingerprint density at radius 2 is 1.76 bits per heavy atom. The van der Waals surface area contributed by atoms with Crippen molar-refractivity contribution in [2.45, 2.75) is 5.79 Å². The molecule has 0 fully saturated rings. The average Bonchev–Trinajstić information content (AvgIpc) is 2.31. The molecule has 2 rings (SSSR count).